The molecule has 0 spiro atoms. The molecule has 1 aliphatic rings. The normalized spacial score (nSPS) is 14.1. The van der Waals surface area contributed by atoms with Crippen molar-refractivity contribution >= 4 is 50.2 Å². The zero-order valence-electron chi connectivity index (χ0n) is 14.6. The van der Waals surface area contributed by atoms with E-state index in [0.717, 1.165) is 28.6 Å². The number of aromatic nitrogens is 3. The predicted octanol–water partition coefficient (Wildman–Crippen LogP) is 3.85. The number of benzene rings is 1. The van der Waals surface area contributed by atoms with Gasteiger partial charge in [0.05, 0.1) is 10.9 Å². The average Bonchev–Trinajstić information content (AvgIpc) is 3.19. The fourth-order valence-corrected chi connectivity index (χ4v) is 5.79. The van der Waals surface area contributed by atoms with Crippen LogP contribution in [0.3, 0.4) is 0 Å². The number of thioether (sulfide) groups is 1. The molecule has 0 atom stereocenters. The molecule has 8 heteroatoms. The lowest BCUT2D eigenvalue weighted by Crippen LogP contribution is -2.15. The number of thiophene rings is 1. The van der Waals surface area contributed by atoms with Crippen molar-refractivity contribution in [3.05, 3.63) is 45.3 Å². The number of anilines is 1. The van der Waals surface area contributed by atoms with Crippen LogP contribution in [0, 0.1) is 0 Å². The third-order valence-corrected chi connectivity index (χ3v) is 6.96. The van der Waals surface area contributed by atoms with Crippen LogP contribution < -0.4 is 11.5 Å². The Bertz CT molecular complexity index is 1210. The number of hydrogen-bond donors (Lipinski definition) is 1. The van der Waals surface area contributed by atoms with Crippen LogP contribution in [-0.2, 0) is 19.4 Å². The maximum absolute atomic E-state index is 12.1. The molecule has 0 unspecified atom stereocenters. The average molecular weight is 399 g/mol. The summed E-state index contributed by atoms with van der Waals surface area (Å²) in [6, 6.07) is 7.45. The van der Waals surface area contributed by atoms with E-state index >= 15 is 0 Å². The Morgan fingerprint density at radius 3 is 3.00 bits per heavy atom. The maximum Gasteiger partial charge on any atom is 0.419 e. The second-order valence-corrected chi connectivity index (χ2v) is 8.76. The lowest BCUT2D eigenvalue weighted by molar-refractivity contribution is 0.514. The Labute approximate surface area is 163 Å². The molecule has 0 saturated carbocycles. The van der Waals surface area contributed by atoms with Crippen LogP contribution in [-0.4, -0.2) is 20.3 Å². The molecule has 4 aromatic rings. The monoisotopic (exact) mass is 398 g/mol. The third-order valence-electron chi connectivity index (χ3n) is 4.94. The molecular weight excluding hydrogens is 380 g/mol. The third kappa shape index (κ3) is 2.93. The highest BCUT2D eigenvalue weighted by molar-refractivity contribution is 7.99. The van der Waals surface area contributed by atoms with Crippen LogP contribution in [0.25, 0.3) is 21.3 Å². The van der Waals surface area contributed by atoms with Gasteiger partial charge >= 0.3 is 5.76 Å². The summed E-state index contributed by atoms with van der Waals surface area (Å²) in [7, 11) is 0. The second kappa shape index (κ2) is 6.69. The van der Waals surface area contributed by atoms with Crippen LogP contribution in [0.1, 0.15) is 23.3 Å². The van der Waals surface area contributed by atoms with Crippen molar-refractivity contribution in [2.45, 2.75) is 37.4 Å². The molecule has 0 saturated heterocycles. The Morgan fingerprint density at radius 1 is 1.22 bits per heavy atom. The zero-order valence-corrected chi connectivity index (χ0v) is 16.2. The molecule has 3 aromatic heterocycles. The maximum atomic E-state index is 12.1. The molecule has 6 nitrogen and oxygen atoms in total. The number of fused-ring (bicyclic) bond motifs is 4. The van der Waals surface area contributed by atoms with Gasteiger partial charge in [-0.15, -0.1) is 11.3 Å². The largest absolute Gasteiger partial charge is 0.419 e. The number of hydrogen-bond acceptors (Lipinski definition) is 7. The fraction of sp³-hybridized carbons (Fsp3) is 0.316. The number of nitrogens with zero attached hydrogens (tertiary/aromatic N) is 3. The summed E-state index contributed by atoms with van der Waals surface area (Å²) in [4.78, 5) is 23.7. The van der Waals surface area contributed by atoms with Crippen molar-refractivity contribution in [2.24, 2.45) is 0 Å². The summed E-state index contributed by atoms with van der Waals surface area (Å²) < 4.78 is 6.92. The lowest BCUT2D eigenvalue weighted by atomic mass is 9.97. The molecule has 138 valence electrons. The van der Waals surface area contributed by atoms with Crippen molar-refractivity contribution in [1.82, 2.24) is 14.5 Å². The first kappa shape index (κ1) is 16.8. The van der Waals surface area contributed by atoms with Crippen LogP contribution in [0.15, 0.2) is 38.6 Å². The van der Waals surface area contributed by atoms with Gasteiger partial charge in [0, 0.05) is 17.2 Å². The van der Waals surface area contributed by atoms with Crippen molar-refractivity contribution in [3.63, 3.8) is 0 Å². The first-order valence-corrected chi connectivity index (χ1v) is 10.8. The smallest absolute Gasteiger partial charge is 0.408 e. The van der Waals surface area contributed by atoms with Crippen LogP contribution in [0.5, 0.6) is 0 Å². The van der Waals surface area contributed by atoms with E-state index in [1.165, 1.54) is 35.0 Å². The van der Waals surface area contributed by atoms with Crippen molar-refractivity contribution in [3.8, 4) is 0 Å². The molecule has 0 radical (unpaired) electrons. The summed E-state index contributed by atoms with van der Waals surface area (Å²) in [6.07, 6.45) is 4.64. The molecule has 2 N–H and O–H groups in total. The summed E-state index contributed by atoms with van der Waals surface area (Å²) in [5.41, 5.74) is 9.04. The van der Waals surface area contributed by atoms with Crippen molar-refractivity contribution in [2.75, 3.05) is 11.5 Å². The fourth-order valence-electron chi connectivity index (χ4n) is 3.68. The highest BCUT2D eigenvalue weighted by Gasteiger charge is 2.20. The molecule has 1 aromatic carbocycles. The van der Waals surface area contributed by atoms with Gasteiger partial charge in [-0.05, 0) is 43.4 Å². The molecule has 27 heavy (non-hydrogen) atoms. The van der Waals surface area contributed by atoms with Gasteiger partial charge in [0.15, 0.2) is 10.7 Å². The van der Waals surface area contributed by atoms with E-state index in [9.17, 15) is 4.79 Å². The van der Waals surface area contributed by atoms with Crippen LogP contribution >= 0.6 is 23.1 Å². The van der Waals surface area contributed by atoms with Gasteiger partial charge in [0.25, 0.3) is 0 Å². The zero-order chi connectivity index (χ0) is 18.4. The number of oxazole rings is 1. The highest BCUT2D eigenvalue weighted by atomic mass is 32.2. The Morgan fingerprint density at radius 2 is 2.07 bits per heavy atom. The molecule has 0 amide bonds. The summed E-state index contributed by atoms with van der Waals surface area (Å²) >= 11 is 3.26. The van der Waals surface area contributed by atoms with Crippen molar-refractivity contribution < 1.29 is 4.42 Å². The van der Waals surface area contributed by atoms with Crippen molar-refractivity contribution in [1.29, 1.82) is 0 Å². The molecule has 0 bridgehead atoms. The molecule has 3 heterocycles. The summed E-state index contributed by atoms with van der Waals surface area (Å²) in [5, 5.41) is 1.72. The minimum atomic E-state index is -0.335. The molecule has 5 rings (SSSR count). The standard InChI is InChI=1S/C19H18N4O2S2/c20-16-15-11-5-1-4-8-14(11)27-17(15)22-18(21-16)26-10-9-23-12-6-2-3-7-13(12)25-19(23)24/h2-3,6-7H,1,4-5,8-10H2,(H2,20,21,22). The van der Waals surface area contributed by atoms with E-state index in [-0.39, 0.29) is 5.76 Å². The highest BCUT2D eigenvalue weighted by Crippen LogP contribution is 2.38. The summed E-state index contributed by atoms with van der Waals surface area (Å²) in [5.74, 6) is 0.908. The van der Waals surface area contributed by atoms with E-state index in [0.29, 0.717) is 28.9 Å². The minimum Gasteiger partial charge on any atom is -0.408 e. The first-order chi connectivity index (χ1) is 13.2. The predicted molar refractivity (Wildman–Crippen MR) is 110 cm³/mol. The second-order valence-electron chi connectivity index (χ2n) is 6.62. The Balaban J connectivity index is 1.39. The van der Waals surface area contributed by atoms with Gasteiger partial charge in [0.2, 0.25) is 0 Å². The van der Waals surface area contributed by atoms with Gasteiger partial charge < -0.3 is 10.2 Å². The van der Waals surface area contributed by atoms with E-state index in [2.05, 4.69) is 4.98 Å². The summed E-state index contributed by atoms with van der Waals surface area (Å²) in [6.45, 7) is 0.531. The number of aryl methyl sites for hydroxylation is 3. The van der Waals surface area contributed by atoms with E-state index in [1.54, 1.807) is 22.0 Å². The molecular formula is C19H18N4O2S2. The van der Waals surface area contributed by atoms with E-state index in [4.69, 9.17) is 15.1 Å². The number of rotatable bonds is 4. The number of para-hydroxylation sites is 2. The lowest BCUT2D eigenvalue weighted by Gasteiger charge is -2.10. The topological polar surface area (TPSA) is 86.9 Å². The molecule has 1 aliphatic carbocycles. The first-order valence-electron chi connectivity index (χ1n) is 8.99. The number of nitrogen functional groups attached to an aromatic ring is 1. The van der Waals surface area contributed by atoms with E-state index < -0.39 is 0 Å². The van der Waals surface area contributed by atoms with Gasteiger partial charge in [-0.1, -0.05) is 23.9 Å². The quantitative estimate of drug-likeness (QED) is 0.415. The SMILES string of the molecule is Nc1nc(SCCn2c(=O)oc3ccccc32)nc2sc3c(c12)CCCC3. The van der Waals surface area contributed by atoms with Gasteiger partial charge in [-0.3, -0.25) is 4.57 Å². The Hall–Kier alpha value is -2.32. The van der Waals surface area contributed by atoms with Crippen LogP contribution in [0.2, 0.25) is 0 Å². The van der Waals surface area contributed by atoms with Crippen LogP contribution in [0.4, 0.5) is 5.82 Å². The number of nitrogens with two attached hydrogens (primary N) is 1. The minimum absolute atomic E-state index is 0.335. The molecule has 0 aliphatic heterocycles. The van der Waals surface area contributed by atoms with Gasteiger partial charge in [-0.2, -0.15) is 0 Å². The van der Waals surface area contributed by atoms with Gasteiger partial charge in [-0.25, -0.2) is 14.8 Å². The van der Waals surface area contributed by atoms with E-state index in [1.807, 2.05) is 18.2 Å². The molecule has 0 fully saturated rings. The Kier molecular flexibility index (Phi) is 4.17. The van der Waals surface area contributed by atoms with Gasteiger partial charge in [0.1, 0.15) is 10.6 Å².